The van der Waals surface area contributed by atoms with E-state index < -0.39 is 0 Å². The molecule has 0 aliphatic rings. The van der Waals surface area contributed by atoms with Gasteiger partial charge in [-0.15, -0.1) is 0 Å². The molecule has 118 valence electrons. The summed E-state index contributed by atoms with van der Waals surface area (Å²) in [5.74, 6) is 0.767. The van der Waals surface area contributed by atoms with Gasteiger partial charge in [0.05, 0.1) is 13.2 Å². The van der Waals surface area contributed by atoms with Gasteiger partial charge < -0.3 is 20.3 Å². The van der Waals surface area contributed by atoms with E-state index in [1.54, 1.807) is 0 Å². The quantitative estimate of drug-likeness (QED) is 0.662. The number of rotatable bonds is 9. The largest absolute Gasteiger partial charge is 0.491 e. The molecule has 0 fully saturated rings. The predicted molar refractivity (Wildman–Crippen MR) is 87.0 cm³/mol. The van der Waals surface area contributed by atoms with E-state index in [9.17, 15) is 0 Å². The standard InChI is InChI=1S/C18H23NO3/c20-11-10-19-17(14-15-6-2-1-3-7-15)16-8-4-5-9-18(16)22-13-12-21/h1-9,17,19-21H,10-14H2. The van der Waals surface area contributed by atoms with E-state index in [0.717, 1.165) is 17.7 Å². The normalized spacial score (nSPS) is 12.1. The van der Waals surface area contributed by atoms with Crippen LogP contribution in [0.5, 0.6) is 5.75 Å². The van der Waals surface area contributed by atoms with E-state index in [2.05, 4.69) is 17.4 Å². The van der Waals surface area contributed by atoms with Crippen LogP contribution in [0.25, 0.3) is 0 Å². The van der Waals surface area contributed by atoms with Crippen LogP contribution in [-0.4, -0.2) is 36.6 Å². The third-order valence-electron chi connectivity index (χ3n) is 3.43. The molecule has 0 saturated heterocycles. The summed E-state index contributed by atoms with van der Waals surface area (Å²) in [5, 5.41) is 21.4. The number of nitrogens with one attached hydrogen (secondary N) is 1. The highest BCUT2D eigenvalue weighted by Gasteiger charge is 2.16. The van der Waals surface area contributed by atoms with Gasteiger partial charge in [-0.25, -0.2) is 0 Å². The van der Waals surface area contributed by atoms with Crippen molar-refractivity contribution in [3.05, 3.63) is 65.7 Å². The van der Waals surface area contributed by atoms with Crippen molar-refractivity contribution < 1.29 is 14.9 Å². The molecule has 4 heteroatoms. The maximum Gasteiger partial charge on any atom is 0.124 e. The first-order valence-corrected chi connectivity index (χ1v) is 7.56. The Morgan fingerprint density at radius 1 is 0.909 bits per heavy atom. The maximum absolute atomic E-state index is 9.11. The summed E-state index contributed by atoms with van der Waals surface area (Å²) in [6.07, 6.45) is 0.806. The van der Waals surface area contributed by atoms with Gasteiger partial charge in [0, 0.05) is 18.2 Å². The molecule has 2 rings (SSSR count). The molecular formula is C18H23NO3. The molecule has 0 aliphatic heterocycles. The zero-order valence-corrected chi connectivity index (χ0v) is 12.6. The van der Waals surface area contributed by atoms with Crippen molar-refractivity contribution >= 4 is 0 Å². The van der Waals surface area contributed by atoms with Crippen molar-refractivity contribution in [2.24, 2.45) is 0 Å². The number of ether oxygens (including phenoxy) is 1. The zero-order valence-electron chi connectivity index (χ0n) is 12.6. The highest BCUT2D eigenvalue weighted by Crippen LogP contribution is 2.27. The molecule has 1 unspecified atom stereocenters. The number of hydrogen-bond donors (Lipinski definition) is 3. The van der Waals surface area contributed by atoms with Crippen LogP contribution in [0.2, 0.25) is 0 Å². The van der Waals surface area contributed by atoms with Crippen molar-refractivity contribution in [1.29, 1.82) is 0 Å². The van der Waals surface area contributed by atoms with Crippen LogP contribution in [0.1, 0.15) is 17.2 Å². The third-order valence-corrected chi connectivity index (χ3v) is 3.43. The van der Waals surface area contributed by atoms with Gasteiger partial charge in [0.25, 0.3) is 0 Å². The summed E-state index contributed by atoms with van der Waals surface area (Å²) in [7, 11) is 0. The van der Waals surface area contributed by atoms with Crippen LogP contribution in [0, 0.1) is 0 Å². The number of aliphatic hydroxyl groups is 2. The first-order chi connectivity index (χ1) is 10.8. The Hall–Kier alpha value is -1.88. The Bertz CT molecular complexity index is 545. The van der Waals surface area contributed by atoms with Crippen LogP contribution in [-0.2, 0) is 6.42 Å². The van der Waals surface area contributed by atoms with Crippen LogP contribution < -0.4 is 10.1 Å². The van der Waals surface area contributed by atoms with E-state index in [-0.39, 0.29) is 25.9 Å². The Morgan fingerprint density at radius 3 is 2.36 bits per heavy atom. The molecule has 22 heavy (non-hydrogen) atoms. The lowest BCUT2D eigenvalue weighted by atomic mass is 9.98. The van der Waals surface area contributed by atoms with Gasteiger partial charge in [0.15, 0.2) is 0 Å². The second-order valence-electron chi connectivity index (χ2n) is 5.03. The molecular weight excluding hydrogens is 278 g/mol. The van der Waals surface area contributed by atoms with Gasteiger partial charge in [-0.05, 0) is 18.1 Å². The van der Waals surface area contributed by atoms with Crippen molar-refractivity contribution in [1.82, 2.24) is 5.32 Å². The second kappa shape index (κ2) is 9.20. The summed E-state index contributed by atoms with van der Waals surface area (Å²) in [4.78, 5) is 0. The average Bonchev–Trinajstić information content (AvgIpc) is 2.58. The van der Waals surface area contributed by atoms with Gasteiger partial charge in [-0.2, -0.15) is 0 Å². The second-order valence-corrected chi connectivity index (χ2v) is 5.03. The minimum Gasteiger partial charge on any atom is -0.491 e. The van der Waals surface area contributed by atoms with E-state index in [4.69, 9.17) is 14.9 Å². The van der Waals surface area contributed by atoms with Crippen molar-refractivity contribution in [2.45, 2.75) is 12.5 Å². The molecule has 1 atom stereocenters. The van der Waals surface area contributed by atoms with Crippen LogP contribution in [0.15, 0.2) is 54.6 Å². The Labute approximate surface area is 131 Å². The van der Waals surface area contributed by atoms with Crippen molar-refractivity contribution in [2.75, 3.05) is 26.4 Å². The molecule has 2 aromatic rings. The van der Waals surface area contributed by atoms with Crippen molar-refractivity contribution in [3.63, 3.8) is 0 Å². The summed E-state index contributed by atoms with van der Waals surface area (Å²) in [5.41, 5.74) is 2.25. The Kier molecular flexibility index (Phi) is 6.90. The van der Waals surface area contributed by atoms with Crippen LogP contribution in [0.4, 0.5) is 0 Å². The Morgan fingerprint density at radius 2 is 1.64 bits per heavy atom. The molecule has 0 aliphatic carbocycles. The highest BCUT2D eigenvalue weighted by molar-refractivity contribution is 5.37. The first-order valence-electron chi connectivity index (χ1n) is 7.56. The topological polar surface area (TPSA) is 61.7 Å². The number of benzene rings is 2. The predicted octanol–water partition coefficient (Wildman–Crippen LogP) is 1.92. The summed E-state index contributed by atoms with van der Waals surface area (Å²) in [6.45, 7) is 0.869. The lowest BCUT2D eigenvalue weighted by molar-refractivity contribution is 0.199. The SMILES string of the molecule is OCCNC(Cc1ccccc1)c1ccccc1OCCO. The minimum atomic E-state index is -0.0121. The molecule has 0 saturated carbocycles. The fraction of sp³-hybridized carbons (Fsp3) is 0.333. The number of aliphatic hydroxyl groups excluding tert-OH is 2. The molecule has 0 radical (unpaired) electrons. The van der Waals surface area contributed by atoms with Gasteiger partial charge in [0.1, 0.15) is 12.4 Å². The fourth-order valence-corrected chi connectivity index (χ4v) is 2.44. The Balaban J connectivity index is 2.20. The summed E-state index contributed by atoms with van der Waals surface area (Å²) < 4.78 is 5.63. The van der Waals surface area contributed by atoms with Gasteiger partial charge in [-0.3, -0.25) is 0 Å². The van der Waals surface area contributed by atoms with Crippen LogP contribution in [0.3, 0.4) is 0 Å². The van der Waals surface area contributed by atoms with E-state index in [0.29, 0.717) is 6.54 Å². The zero-order chi connectivity index (χ0) is 15.6. The molecule has 4 nitrogen and oxygen atoms in total. The fourth-order valence-electron chi connectivity index (χ4n) is 2.44. The summed E-state index contributed by atoms with van der Waals surface area (Å²) in [6, 6.07) is 18.1. The van der Waals surface area contributed by atoms with Gasteiger partial charge in [-0.1, -0.05) is 48.5 Å². The maximum atomic E-state index is 9.11. The molecule has 2 aromatic carbocycles. The monoisotopic (exact) mass is 301 g/mol. The van der Waals surface area contributed by atoms with Crippen molar-refractivity contribution in [3.8, 4) is 5.75 Å². The molecule has 0 spiro atoms. The van der Waals surface area contributed by atoms with Gasteiger partial charge >= 0.3 is 0 Å². The average molecular weight is 301 g/mol. The number of para-hydroxylation sites is 1. The van der Waals surface area contributed by atoms with Gasteiger partial charge in [0.2, 0.25) is 0 Å². The molecule has 0 amide bonds. The van der Waals surface area contributed by atoms with E-state index >= 15 is 0 Å². The highest BCUT2D eigenvalue weighted by atomic mass is 16.5. The van der Waals surface area contributed by atoms with E-state index in [1.807, 2.05) is 42.5 Å². The first kappa shape index (κ1) is 16.5. The number of hydrogen-bond acceptors (Lipinski definition) is 4. The van der Waals surface area contributed by atoms with E-state index in [1.165, 1.54) is 5.56 Å². The van der Waals surface area contributed by atoms with Crippen LogP contribution >= 0.6 is 0 Å². The molecule has 0 heterocycles. The molecule has 0 bridgehead atoms. The molecule has 3 N–H and O–H groups in total. The lowest BCUT2D eigenvalue weighted by Gasteiger charge is -2.22. The minimum absolute atomic E-state index is 0.0121. The third kappa shape index (κ3) is 4.84. The summed E-state index contributed by atoms with van der Waals surface area (Å²) >= 11 is 0. The lowest BCUT2D eigenvalue weighted by Crippen LogP contribution is -2.26. The molecule has 0 aromatic heterocycles. The smallest absolute Gasteiger partial charge is 0.124 e.